The van der Waals surface area contributed by atoms with E-state index in [2.05, 4.69) is 43.4 Å². The Balaban J connectivity index is 1.83. The van der Waals surface area contributed by atoms with Crippen molar-refractivity contribution in [2.24, 2.45) is 4.99 Å². The van der Waals surface area contributed by atoms with Gasteiger partial charge in [0.1, 0.15) is 11.4 Å². The number of phenolic OH excluding ortho intramolecular Hbond substituents is 1. The van der Waals surface area contributed by atoms with Crippen LogP contribution >= 0.6 is 11.6 Å². The Hall–Kier alpha value is -2.62. The van der Waals surface area contributed by atoms with Crippen LogP contribution in [-0.4, -0.2) is 10.8 Å². The van der Waals surface area contributed by atoms with Crippen LogP contribution in [0.3, 0.4) is 0 Å². The summed E-state index contributed by atoms with van der Waals surface area (Å²) in [4.78, 5) is 5.10. The first kappa shape index (κ1) is 18.7. The number of nitrogens with one attached hydrogen (secondary N) is 1. The van der Waals surface area contributed by atoms with Gasteiger partial charge in [-0.3, -0.25) is 10.3 Å². The van der Waals surface area contributed by atoms with E-state index >= 15 is 0 Å². The minimum absolute atomic E-state index is 0.0704. The van der Waals surface area contributed by atoms with Gasteiger partial charge in [-0.25, -0.2) is 0 Å². The first-order valence-corrected chi connectivity index (χ1v) is 9.80. The predicted molar refractivity (Wildman–Crippen MR) is 115 cm³/mol. The molecule has 0 saturated carbocycles. The average molecular weight is 391 g/mol. The summed E-state index contributed by atoms with van der Waals surface area (Å²) in [5.74, 6) is 0.290. The van der Waals surface area contributed by atoms with Crippen LogP contribution in [0.5, 0.6) is 5.75 Å². The summed E-state index contributed by atoms with van der Waals surface area (Å²) < 4.78 is 0. The van der Waals surface area contributed by atoms with Crippen molar-refractivity contribution in [3.8, 4) is 5.75 Å². The summed E-state index contributed by atoms with van der Waals surface area (Å²) in [5, 5.41) is 14.8. The summed E-state index contributed by atoms with van der Waals surface area (Å²) >= 11 is 6.26. The minimum Gasteiger partial charge on any atom is -0.508 e. The summed E-state index contributed by atoms with van der Waals surface area (Å²) in [6, 6.07) is 23.6. The zero-order valence-electron chi connectivity index (χ0n) is 16.0. The first-order chi connectivity index (χ1) is 13.4. The molecular formula is C24H23ClN2O. The van der Waals surface area contributed by atoms with E-state index in [4.69, 9.17) is 16.6 Å². The predicted octanol–water partition coefficient (Wildman–Crippen LogP) is 5.75. The van der Waals surface area contributed by atoms with Crippen LogP contribution in [0.25, 0.3) is 0 Å². The molecular weight excluding hydrogens is 368 g/mol. The Kier molecular flexibility index (Phi) is 4.96. The fourth-order valence-electron chi connectivity index (χ4n) is 3.77. The average Bonchev–Trinajstić information content (AvgIpc) is 2.68. The highest BCUT2D eigenvalue weighted by atomic mass is 35.5. The standard InChI is InChI=1S/C24H23ClN2O/c1-16-10-12-17(13-11-16)21-15-22(20-8-3-4-9-23(20)28)27-24(2,26-21)18-6-5-7-19(25)14-18/h3-14,22,27-28H,15H2,1-2H3/t22-,24-/m1/s1. The molecule has 0 radical (unpaired) electrons. The second kappa shape index (κ2) is 7.42. The molecule has 4 rings (SSSR count). The molecule has 0 amide bonds. The number of hydrogen-bond acceptors (Lipinski definition) is 3. The van der Waals surface area contributed by atoms with Crippen molar-refractivity contribution in [3.05, 3.63) is 100 Å². The maximum absolute atomic E-state index is 10.4. The van der Waals surface area contributed by atoms with Crippen molar-refractivity contribution in [2.45, 2.75) is 32.0 Å². The largest absolute Gasteiger partial charge is 0.508 e. The van der Waals surface area contributed by atoms with Crippen LogP contribution < -0.4 is 5.32 Å². The molecule has 0 aromatic heterocycles. The molecule has 142 valence electrons. The monoisotopic (exact) mass is 390 g/mol. The van der Waals surface area contributed by atoms with E-state index in [1.54, 1.807) is 6.07 Å². The molecule has 3 aromatic carbocycles. The Morgan fingerprint density at radius 3 is 2.50 bits per heavy atom. The topological polar surface area (TPSA) is 44.6 Å². The van der Waals surface area contributed by atoms with Crippen molar-refractivity contribution >= 4 is 17.3 Å². The third-order valence-electron chi connectivity index (χ3n) is 5.30. The lowest BCUT2D eigenvalue weighted by atomic mass is 9.89. The second-order valence-corrected chi connectivity index (χ2v) is 7.90. The number of aromatic hydroxyl groups is 1. The van der Waals surface area contributed by atoms with Crippen molar-refractivity contribution in [2.75, 3.05) is 0 Å². The summed E-state index contributed by atoms with van der Waals surface area (Å²) in [5.41, 5.74) is 4.53. The molecule has 28 heavy (non-hydrogen) atoms. The molecule has 0 spiro atoms. The molecule has 1 aliphatic rings. The second-order valence-electron chi connectivity index (χ2n) is 7.47. The molecule has 3 aromatic rings. The number of hydrogen-bond donors (Lipinski definition) is 2. The molecule has 1 heterocycles. The Bertz CT molecular complexity index is 1030. The van der Waals surface area contributed by atoms with E-state index in [0.29, 0.717) is 17.2 Å². The van der Waals surface area contributed by atoms with Crippen LogP contribution in [-0.2, 0) is 5.66 Å². The first-order valence-electron chi connectivity index (χ1n) is 9.42. The van der Waals surface area contributed by atoms with Crippen LogP contribution in [0, 0.1) is 6.92 Å². The van der Waals surface area contributed by atoms with Gasteiger partial charge in [-0.05, 0) is 43.2 Å². The smallest absolute Gasteiger partial charge is 0.134 e. The molecule has 0 unspecified atom stereocenters. The third kappa shape index (κ3) is 3.68. The highest BCUT2D eigenvalue weighted by molar-refractivity contribution is 6.30. The third-order valence-corrected chi connectivity index (χ3v) is 5.53. The number of nitrogens with zero attached hydrogens (tertiary/aromatic N) is 1. The Labute approximate surface area is 170 Å². The number of aryl methyl sites for hydroxylation is 1. The van der Waals surface area contributed by atoms with Gasteiger partial charge < -0.3 is 5.11 Å². The van der Waals surface area contributed by atoms with Gasteiger partial charge in [0.15, 0.2) is 0 Å². The molecule has 3 nitrogen and oxygen atoms in total. The van der Waals surface area contributed by atoms with Gasteiger partial charge in [-0.15, -0.1) is 0 Å². The zero-order chi connectivity index (χ0) is 19.7. The van der Waals surface area contributed by atoms with Gasteiger partial charge in [0, 0.05) is 28.8 Å². The molecule has 1 aliphatic heterocycles. The molecule has 4 heteroatoms. The van der Waals surface area contributed by atoms with Gasteiger partial charge in [0.25, 0.3) is 0 Å². The van der Waals surface area contributed by atoms with E-state index < -0.39 is 5.66 Å². The number of para-hydroxylation sites is 1. The highest BCUT2D eigenvalue weighted by Gasteiger charge is 2.35. The highest BCUT2D eigenvalue weighted by Crippen LogP contribution is 2.37. The van der Waals surface area contributed by atoms with Crippen LogP contribution in [0.2, 0.25) is 5.02 Å². The number of halogens is 1. The Morgan fingerprint density at radius 2 is 1.79 bits per heavy atom. The number of phenols is 1. The quantitative estimate of drug-likeness (QED) is 0.598. The zero-order valence-corrected chi connectivity index (χ0v) is 16.7. The molecule has 0 aliphatic carbocycles. The maximum atomic E-state index is 10.4. The van der Waals surface area contributed by atoms with Crippen LogP contribution in [0.15, 0.2) is 77.8 Å². The van der Waals surface area contributed by atoms with Crippen molar-refractivity contribution in [1.82, 2.24) is 5.32 Å². The van der Waals surface area contributed by atoms with Gasteiger partial charge in [0.2, 0.25) is 0 Å². The summed E-state index contributed by atoms with van der Waals surface area (Å²) in [6.45, 7) is 4.13. The molecule has 2 N–H and O–H groups in total. The lowest BCUT2D eigenvalue weighted by molar-refractivity contribution is 0.309. The number of rotatable bonds is 3. The lowest BCUT2D eigenvalue weighted by Crippen LogP contribution is -2.45. The summed E-state index contributed by atoms with van der Waals surface area (Å²) in [6.07, 6.45) is 0.691. The van der Waals surface area contributed by atoms with E-state index in [1.165, 1.54) is 5.56 Å². The van der Waals surface area contributed by atoms with Crippen molar-refractivity contribution in [1.29, 1.82) is 0 Å². The minimum atomic E-state index is -0.656. The SMILES string of the molecule is Cc1ccc(C2=N[C@@](C)(c3cccc(Cl)c3)N[C@@H](c3ccccc3O)C2)cc1. The van der Waals surface area contributed by atoms with E-state index in [1.807, 2.05) is 42.5 Å². The number of aliphatic imine (C=N–C) groups is 1. The van der Waals surface area contributed by atoms with E-state index in [0.717, 1.165) is 22.4 Å². The fraction of sp³-hybridized carbons (Fsp3) is 0.208. The van der Waals surface area contributed by atoms with Crippen molar-refractivity contribution in [3.63, 3.8) is 0 Å². The summed E-state index contributed by atoms with van der Waals surface area (Å²) in [7, 11) is 0. The van der Waals surface area contributed by atoms with Gasteiger partial charge in [-0.2, -0.15) is 0 Å². The Morgan fingerprint density at radius 1 is 1.04 bits per heavy atom. The fourth-order valence-corrected chi connectivity index (χ4v) is 3.96. The maximum Gasteiger partial charge on any atom is 0.134 e. The normalized spacial score (nSPS) is 22.0. The molecule has 0 saturated heterocycles. The van der Waals surface area contributed by atoms with E-state index in [-0.39, 0.29) is 6.04 Å². The van der Waals surface area contributed by atoms with Gasteiger partial charge in [0.05, 0.1) is 0 Å². The number of benzene rings is 3. The van der Waals surface area contributed by atoms with E-state index in [9.17, 15) is 5.11 Å². The van der Waals surface area contributed by atoms with Crippen molar-refractivity contribution < 1.29 is 5.11 Å². The van der Waals surface area contributed by atoms with Crippen LogP contribution in [0.4, 0.5) is 0 Å². The van der Waals surface area contributed by atoms with Gasteiger partial charge in [-0.1, -0.05) is 71.8 Å². The lowest BCUT2D eigenvalue weighted by Gasteiger charge is -2.38. The van der Waals surface area contributed by atoms with Gasteiger partial charge >= 0.3 is 0 Å². The van der Waals surface area contributed by atoms with Crippen LogP contribution in [0.1, 0.15) is 41.6 Å². The molecule has 0 fully saturated rings. The molecule has 2 atom stereocenters. The molecule has 0 bridgehead atoms.